The summed E-state index contributed by atoms with van der Waals surface area (Å²) >= 11 is 0. The van der Waals surface area contributed by atoms with Crippen molar-refractivity contribution in [2.75, 3.05) is 25.0 Å². The number of carbonyl (C=O) groups is 1. The number of nitrogens with one attached hydrogen (secondary N) is 2. The Morgan fingerprint density at radius 1 is 1.21 bits per heavy atom. The van der Waals surface area contributed by atoms with Crippen LogP contribution in [0.15, 0.2) is 24.4 Å². The average molecular weight is 480 g/mol. The Kier molecular flexibility index (Phi) is 7.28. The summed E-state index contributed by atoms with van der Waals surface area (Å²) in [6, 6.07) is 3.82. The van der Waals surface area contributed by atoms with Gasteiger partial charge in [-0.25, -0.2) is 0 Å². The van der Waals surface area contributed by atoms with Crippen LogP contribution in [0.1, 0.15) is 45.1 Å². The van der Waals surface area contributed by atoms with Crippen LogP contribution in [0.25, 0.3) is 10.9 Å². The number of carbonyl (C=O) groups excluding carboxylic acids is 1. The lowest BCUT2D eigenvalue weighted by molar-refractivity contribution is -0.137. The standard InChI is InChI=1S/C24H32F3N5O2/c1-14(2)23(34)15-3-6-18(7-4-15)32-12-17(13-32)30-22(33)11-28-21-10-29-31-20-8-5-16(9-19(20)21)24(25,26)27/h5,8-10,14-15,17-18,23,34H,3-4,6-7,11-13H2,1-2H3,(H,28,31)(H,30,33)/t15?,18?,23-/m0/s1. The molecule has 2 fully saturated rings. The molecule has 2 aliphatic rings. The zero-order valence-electron chi connectivity index (χ0n) is 19.5. The first-order chi connectivity index (χ1) is 16.1. The van der Waals surface area contributed by atoms with E-state index in [-0.39, 0.29) is 35.9 Å². The van der Waals surface area contributed by atoms with E-state index >= 15 is 0 Å². The van der Waals surface area contributed by atoms with Crippen LogP contribution >= 0.6 is 0 Å². The van der Waals surface area contributed by atoms with Crippen LogP contribution in [0.3, 0.4) is 0 Å². The van der Waals surface area contributed by atoms with Crippen molar-refractivity contribution in [3.8, 4) is 0 Å². The number of alkyl halides is 3. The molecule has 1 saturated carbocycles. The van der Waals surface area contributed by atoms with Gasteiger partial charge in [0.15, 0.2) is 0 Å². The van der Waals surface area contributed by atoms with E-state index in [0.29, 0.717) is 23.2 Å². The summed E-state index contributed by atoms with van der Waals surface area (Å²) < 4.78 is 39.2. The summed E-state index contributed by atoms with van der Waals surface area (Å²) in [5.41, 5.74) is -0.117. The lowest BCUT2D eigenvalue weighted by Crippen LogP contribution is -2.63. The first-order valence-electron chi connectivity index (χ1n) is 11.9. The molecule has 1 aliphatic carbocycles. The van der Waals surface area contributed by atoms with Crippen molar-refractivity contribution in [2.24, 2.45) is 11.8 Å². The van der Waals surface area contributed by atoms with Gasteiger partial charge in [-0.1, -0.05) is 13.8 Å². The van der Waals surface area contributed by atoms with Crippen molar-refractivity contribution in [1.82, 2.24) is 20.4 Å². The lowest BCUT2D eigenvalue weighted by atomic mass is 9.78. The molecule has 0 spiro atoms. The first-order valence-corrected chi connectivity index (χ1v) is 11.9. The molecule has 1 atom stereocenters. The monoisotopic (exact) mass is 479 g/mol. The minimum atomic E-state index is -4.46. The van der Waals surface area contributed by atoms with E-state index in [1.807, 2.05) is 0 Å². The summed E-state index contributed by atoms with van der Waals surface area (Å²) in [6.07, 6.45) is 0.835. The van der Waals surface area contributed by atoms with Crippen LogP contribution in [0.2, 0.25) is 0 Å². The van der Waals surface area contributed by atoms with Crippen LogP contribution < -0.4 is 10.6 Å². The van der Waals surface area contributed by atoms with Gasteiger partial charge in [-0.3, -0.25) is 9.69 Å². The number of aliphatic hydroxyl groups is 1. The SMILES string of the molecule is CC(C)[C@H](O)C1CCC(N2CC(NC(=O)CNc3cnnc4ccc(C(F)(F)F)cc34)C2)CC1. The second-order valence-corrected chi connectivity index (χ2v) is 9.86. The Balaban J connectivity index is 1.24. The molecule has 0 radical (unpaired) electrons. The van der Waals surface area contributed by atoms with E-state index in [4.69, 9.17) is 0 Å². The molecular formula is C24H32F3N5O2. The summed E-state index contributed by atoms with van der Waals surface area (Å²) in [7, 11) is 0. The molecule has 2 aromatic rings. The second kappa shape index (κ2) is 10.0. The predicted octanol–water partition coefficient (Wildman–Crippen LogP) is 3.44. The van der Waals surface area contributed by atoms with Crippen molar-refractivity contribution >= 4 is 22.5 Å². The van der Waals surface area contributed by atoms with E-state index < -0.39 is 11.7 Å². The number of nitrogens with zero attached hydrogens (tertiary/aromatic N) is 3. The number of likely N-dealkylation sites (tertiary alicyclic amines) is 1. The van der Waals surface area contributed by atoms with Gasteiger partial charge in [0.05, 0.1) is 41.7 Å². The lowest BCUT2D eigenvalue weighted by Gasteiger charge is -2.47. The molecule has 10 heteroatoms. The number of aromatic nitrogens is 2. The van der Waals surface area contributed by atoms with E-state index in [9.17, 15) is 23.1 Å². The van der Waals surface area contributed by atoms with E-state index in [0.717, 1.165) is 50.9 Å². The largest absolute Gasteiger partial charge is 0.416 e. The number of fused-ring (bicyclic) bond motifs is 1. The van der Waals surface area contributed by atoms with Crippen LogP contribution in [-0.2, 0) is 11.0 Å². The smallest absolute Gasteiger partial charge is 0.393 e. The number of hydrogen-bond acceptors (Lipinski definition) is 6. The molecule has 1 aromatic carbocycles. The molecule has 34 heavy (non-hydrogen) atoms. The topological polar surface area (TPSA) is 90.4 Å². The predicted molar refractivity (Wildman–Crippen MR) is 123 cm³/mol. The van der Waals surface area contributed by atoms with Gasteiger partial charge >= 0.3 is 6.18 Å². The number of halogens is 3. The van der Waals surface area contributed by atoms with Crippen molar-refractivity contribution in [3.05, 3.63) is 30.0 Å². The highest BCUT2D eigenvalue weighted by Gasteiger charge is 2.36. The quantitative estimate of drug-likeness (QED) is 0.564. The molecule has 7 nitrogen and oxygen atoms in total. The van der Waals surface area contributed by atoms with Gasteiger partial charge in [0.25, 0.3) is 0 Å². The third-order valence-electron chi connectivity index (χ3n) is 7.10. The number of anilines is 1. The summed E-state index contributed by atoms with van der Waals surface area (Å²) in [5.74, 6) is 0.446. The Morgan fingerprint density at radius 3 is 2.56 bits per heavy atom. The maximum Gasteiger partial charge on any atom is 0.416 e. The number of rotatable bonds is 7. The van der Waals surface area contributed by atoms with E-state index in [1.165, 1.54) is 12.3 Å². The van der Waals surface area contributed by atoms with E-state index in [2.05, 4.69) is 39.6 Å². The van der Waals surface area contributed by atoms with Gasteiger partial charge in [-0.2, -0.15) is 23.4 Å². The van der Waals surface area contributed by atoms with Crippen molar-refractivity contribution in [2.45, 2.75) is 63.9 Å². The maximum atomic E-state index is 13.1. The third-order valence-corrected chi connectivity index (χ3v) is 7.10. The molecule has 1 aliphatic heterocycles. The summed E-state index contributed by atoms with van der Waals surface area (Å²) in [5, 5.41) is 24.1. The molecule has 0 unspecified atom stereocenters. The molecule has 0 bridgehead atoms. The molecule has 2 heterocycles. The van der Waals surface area contributed by atoms with Gasteiger partial charge in [0.1, 0.15) is 0 Å². The Labute approximate surface area is 197 Å². The number of hydrogen-bond donors (Lipinski definition) is 3. The normalized spacial score (nSPS) is 23.0. The fraction of sp³-hybridized carbons (Fsp3) is 0.625. The second-order valence-electron chi connectivity index (χ2n) is 9.86. The van der Waals surface area contributed by atoms with Crippen molar-refractivity contribution in [1.29, 1.82) is 0 Å². The molecule has 1 aromatic heterocycles. The highest BCUT2D eigenvalue weighted by molar-refractivity contribution is 5.92. The minimum Gasteiger partial charge on any atom is -0.393 e. The Bertz CT molecular complexity index is 1000. The zero-order valence-corrected chi connectivity index (χ0v) is 19.5. The number of benzene rings is 1. The summed E-state index contributed by atoms with van der Waals surface area (Å²) in [4.78, 5) is 14.8. The van der Waals surface area contributed by atoms with Crippen molar-refractivity contribution < 1.29 is 23.1 Å². The number of aliphatic hydroxyl groups excluding tert-OH is 1. The van der Waals surface area contributed by atoms with Gasteiger partial charge in [-0.05, 0) is 55.7 Å². The van der Waals surface area contributed by atoms with Gasteiger partial charge in [-0.15, -0.1) is 0 Å². The first kappa shape index (κ1) is 24.7. The Hall–Kier alpha value is -2.46. The number of amides is 1. The van der Waals surface area contributed by atoms with Crippen LogP contribution in [0, 0.1) is 11.8 Å². The summed E-state index contributed by atoms with van der Waals surface area (Å²) in [6.45, 7) is 5.64. The molecule has 186 valence electrons. The van der Waals surface area contributed by atoms with Crippen LogP contribution in [0.4, 0.5) is 18.9 Å². The highest BCUT2D eigenvalue weighted by atomic mass is 19.4. The minimum absolute atomic E-state index is 0.0638. The average Bonchev–Trinajstić information content (AvgIpc) is 2.78. The van der Waals surface area contributed by atoms with Crippen LogP contribution in [-0.4, -0.2) is 63.9 Å². The zero-order chi connectivity index (χ0) is 24.5. The van der Waals surface area contributed by atoms with Crippen molar-refractivity contribution in [3.63, 3.8) is 0 Å². The van der Waals surface area contributed by atoms with Gasteiger partial charge < -0.3 is 15.7 Å². The van der Waals surface area contributed by atoms with E-state index in [1.54, 1.807) is 0 Å². The third kappa shape index (κ3) is 5.60. The van der Waals surface area contributed by atoms with Gasteiger partial charge in [0.2, 0.25) is 5.91 Å². The highest BCUT2D eigenvalue weighted by Crippen LogP contribution is 2.34. The fourth-order valence-electron chi connectivity index (χ4n) is 5.08. The molecule has 4 rings (SSSR count). The molecular weight excluding hydrogens is 447 g/mol. The molecule has 1 amide bonds. The van der Waals surface area contributed by atoms with Gasteiger partial charge in [0, 0.05) is 24.5 Å². The molecule has 1 saturated heterocycles. The molecule has 3 N–H and O–H groups in total. The maximum absolute atomic E-state index is 13.1. The fourth-order valence-corrected chi connectivity index (χ4v) is 5.08. The Morgan fingerprint density at radius 2 is 1.91 bits per heavy atom. The van der Waals surface area contributed by atoms with Crippen LogP contribution in [0.5, 0.6) is 0 Å².